The Balaban J connectivity index is 1.56. The first-order valence-corrected chi connectivity index (χ1v) is 12.7. The van der Waals surface area contributed by atoms with Crippen molar-refractivity contribution < 1.29 is 18.0 Å². The molecule has 1 unspecified atom stereocenters. The maximum absolute atomic E-state index is 12.8. The second kappa shape index (κ2) is 11.3. The Kier molecular flexibility index (Phi) is 8.46. The molecule has 1 aliphatic heterocycles. The van der Waals surface area contributed by atoms with E-state index in [-0.39, 0.29) is 23.3 Å². The topological polar surface area (TPSA) is 108 Å². The van der Waals surface area contributed by atoms with Gasteiger partial charge in [-0.1, -0.05) is 50.6 Å². The summed E-state index contributed by atoms with van der Waals surface area (Å²) in [5.41, 5.74) is 1.41. The van der Waals surface area contributed by atoms with Gasteiger partial charge >= 0.3 is 6.03 Å². The maximum Gasteiger partial charge on any atom is 0.319 e. The summed E-state index contributed by atoms with van der Waals surface area (Å²) in [5.74, 6) is -0.429. The number of piperidine rings is 1. The highest BCUT2D eigenvalue weighted by molar-refractivity contribution is 7.89. The zero-order valence-electron chi connectivity index (χ0n) is 19.1. The van der Waals surface area contributed by atoms with Crippen LogP contribution < -0.4 is 16.0 Å². The Hall–Kier alpha value is -2.91. The number of urea groups is 1. The zero-order chi connectivity index (χ0) is 23.8. The fraction of sp³-hybridized carbons (Fsp3) is 0.417. The molecule has 0 bridgehead atoms. The molecule has 3 rings (SSSR count). The minimum Gasteiger partial charge on any atom is -0.350 e. The Bertz CT molecular complexity index is 1030. The first-order chi connectivity index (χ1) is 15.8. The molecule has 33 heavy (non-hydrogen) atoms. The summed E-state index contributed by atoms with van der Waals surface area (Å²) < 4.78 is 27.1. The van der Waals surface area contributed by atoms with Crippen molar-refractivity contribution in [1.29, 1.82) is 0 Å². The van der Waals surface area contributed by atoms with Crippen LogP contribution in [0.15, 0.2) is 59.5 Å². The van der Waals surface area contributed by atoms with Crippen molar-refractivity contribution in [3.63, 3.8) is 0 Å². The Morgan fingerprint density at radius 2 is 1.58 bits per heavy atom. The lowest BCUT2D eigenvalue weighted by atomic mass is 10.0. The number of sulfonamides is 1. The van der Waals surface area contributed by atoms with Gasteiger partial charge in [0.15, 0.2) is 0 Å². The molecule has 1 saturated heterocycles. The van der Waals surface area contributed by atoms with Gasteiger partial charge in [0, 0.05) is 25.3 Å². The zero-order valence-corrected chi connectivity index (χ0v) is 19.9. The lowest BCUT2D eigenvalue weighted by Gasteiger charge is -2.26. The summed E-state index contributed by atoms with van der Waals surface area (Å²) in [5, 5.41) is 8.26. The van der Waals surface area contributed by atoms with Gasteiger partial charge in [0.2, 0.25) is 15.9 Å². The molecule has 0 aliphatic carbocycles. The number of nitrogens with one attached hydrogen (secondary N) is 3. The van der Waals surface area contributed by atoms with Gasteiger partial charge < -0.3 is 16.0 Å². The average molecular weight is 473 g/mol. The van der Waals surface area contributed by atoms with E-state index in [1.165, 1.54) is 4.31 Å². The third-order valence-corrected chi connectivity index (χ3v) is 7.52. The van der Waals surface area contributed by atoms with Crippen molar-refractivity contribution in [3.05, 3.63) is 60.2 Å². The van der Waals surface area contributed by atoms with Gasteiger partial charge in [-0.15, -0.1) is 0 Å². The van der Waals surface area contributed by atoms with Crippen LogP contribution in [-0.2, 0) is 21.4 Å². The van der Waals surface area contributed by atoms with E-state index in [9.17, 15) is 18.0 Å². The number of carbonyl (C=O) groups is 2. The molecule has 0 aromatic heterocycles. The highest BCUT2D eigenvalue weighted by Crippen LogP contribution is 2.21. The van der Waals surface area contributed by atoms with Crippen LogP contribution in [0.5, 0.6) is 0 Å². The van der Waals surface area contributed by atoms with Crippen molar-refractivity contribution in [2.45, 2.75) is 50.6 Å². The third kappa shape index (κ3) is 6.79. The first-order valence-electron chi connectivity index (χ1n) is 11.3. The normalized spacial score (nSPS) is 15.6. The number of carbonyl (C=O) groups excluding carboxylic acids is 2. The van der Waals surface area contributed by atoms with Crippen LogP contribution in [0.1, 0.15) is 38.7 Å². The van der Waals surface area contributed by atoms with Crippen LogP contribution in [-0.4, -0.2) is 43.8 Å². The van der Waals surface area contributed by atoms with Crippen LogP contribution in [0.2, 0.25) is 0 Å². The van der Waals surface area contributed by atoms with Crippen molar-refractivity contribution in [2.75, 3.05) is 18.4 Å². The number of benzene rings is 2. The van der Waals surface area contributed by atoms with Crippen molar-refractivity contribution >= 4 is 27.6 Å². The summed E-state index contributed by atoms with van der Waals surface area (Å²) in [6, 6.07) is 14.4. The molecule has 0 radical (unpaired) electrons. The maximum atomic E-state index is 12.8. The second-order valence-corrected chi connectivity index (χ2v) is 10.5. The van der Waals surface area contributed by atoms with Gasteiger partial charge in [-0.25, -0.2) is 13.2 Å². The number of para-hydroxylation sites is 1. The molecule has 178 valence electrons. The number of rotatable bonds is 8. The van der Waals surface area contributed by atoms with Crippen LogP contribution in [0.25, 0.3) is 0 Å². The first kappa shape index (κ1) is 24.7. The standard InChI is InChI=1S/C24H32N4O4S/c1-18(2)22(27-24(30)26-20-9-5-3-6-10-20)23(29)25-17-19-11-13-21(14-12-19)33(31,32)28-15-7-4-8-16-28/h3,5-6,9-14,18,22H,4,7-8,15-17H2,1-2H3,(H,25,29)(H2,26,27,30). The molecular formula is C24H32N4O4S. The summed E-state index contributed by atoms with van der Waals surface area (Å²) in [4.78, 5) is 25.3. The second-order valence-electron chi connectivity index (χ2n) is 8.51. The van der Waals surface area contributed by atoms with E-state index in [0.29, 0.717) is 18.8 Å². The molecule has 1 fully saturated rings. The minimum atomic E-state index is -3.48. The Labute approximate surface area is 195 Å². The lowest BCUT2D eigenvalue weighted by molar-refractivity contribution is -0.124. The van der Waals surface area contributed by atoms with Gasteiger partial charge in [0.05, 0.1) is 4.90 Å². The molecule has 9 heteroatoms. The molecule has 2 aromatic carbocycles. The van der Waals surface area contributed by atoms with Gasteiger partial charge in [0.25, 0.3) is 0 Å². The molecule has 0 saturated carbocycles. The van der Waals surface area contributed by atoms with Crippen molar-refractivity contribution in [2.24, 2.45) is 5.92 Å². The largest absolute Gasteiger partial charge is 0.350 e. The minimum absolute atomic E-state index is 0.122. The third-order valence-electron chi connectivity index (χ3n) is 5.61. The van der Waals surface area contributed by atoms with Gasteiger partial charge in [-0.2, -0.15) is 4.31 Å². The predicted octanol–water partition coefficient (Wildman–Crippen LogP) is 3.32. The van der Waals surface area contributed by atoms with E-state index in [0.717, 1.165) is 24.8 Å². The average Bonchev–Trinajstić information content (AvgIpc) is 2.82. The van der Waals surface area contributed by atoms with Crippen molar-refractivity contribution in [3.8, 4) is 0 Å². The number of nitrogens with zero attached hydrogens (tertiary/aromatic N) is 1. The quantitative estimate of drug-likeness (QED) is 0.548. The van der Waals surface area contributed by atoms with Gasteiger partial charge in [0.1, 0.15) is 6.04 Å². The molecule has 3 amide bonds. The van der Waals surface area contributed by atoms with Gasteiger partial charge in [-0.3, -0.25) is 4.79 Å². The van der Waals surface area contributed by atoms with Crippen molar-refractivity contribution in [1.82, 2.24) is 14.9 Å². The molecule has 0 spiro atoms. The summed E-state index contributed by atoms with van der Waals surface area (Å²) in [6.45, 7) is 5.05. The molecule has 1 aliphatic rings. The van der Waals surface area contributed by atoms with Crippen LogP contribution in [0.4, 0.5) is 10.5 Å². The highest BCUT2D eigenvalue weighted by atomic mass is 32.2. The Morgan fingerprint density at radius 1 is 0.939 bits per heavy atom. The number of amides is 3. The highest BCUT2D eigenvalue weighted by Gasteiger charge is 2.26. The number of anilines is 1. The smallest absolute Gasteiger partial charge is 0.319 e. The summed E-state index contributed by atoms with van der Waals surface area (Å²) in [6.07, 6.45) is 2.83. The van der Waals surface area contributed by atoms with Crippen LogP contribution in [0.3, 0.4) is 0 Å². The van der Waals surface area contributed by atoms with E-state index in [1.54, 1.807) is 36.4 Å². The number of hydrogen-bond donors (Lipinski definition) is 3. The van der Waals surface area contributed by atoms with E-state index in [1.807, 2.05) is 32.0 Å². The molecule has 3 N–H and O–H groups in total. The summed E-state index contributed by atoms with van der Waals surface area (Å²) >= 11 is 0. The van der Waals surface area contributed by atoms with E-state index < -0.39 is 22.1 Å². The van der Waals surface area contributed by atoms with Gasteiger partial charge in [-0.05, 0) is 48.6 Å². The molecule has 1 heterocycles. The summed E-state index contributed by atoms with van der Waals surface area (Å²) in [7, 11) is -3.48. The van der Waals surface area contributed by atoms with Crippen LogP contribution in [0, 0.1) is 5.92 Å². The SMILES string of the molecule is CC(C)C(NC(=O)Nc1ccccc1)C(=O)NCc1ccc(S(=O)(=O)N2CCCCC2)cc1. The molecular weight excluding hydrogens is 440 g/mol. The Morgan fingerprint density at radius 3 is 2.18 bits per heavy atom. The fourth-order valence-corrected chi connectivity index (χ4v) is 5.21. The predicted molar refractivity (Wildman–Crippen MR) is 128 cm³/mol. The monoisotopic (exact) mass is 472 g/mol. The van der Waals surface area contributed by atoms with E-state index in [4.69, 9.17) is 0 Å². The molecule has 8 nitrogen and oxygen atoms in total. The molecule has 1 atom stereocenters. The fourth-order valence-electron chi connectivity index (χ4n) is 3.70. The molecule has 2 aromatic rings. The van der Waals surface area contributed by atoms with E-state index >= 15 is 0 Å². The number of hydrogen-bond acceptors (Lipinski definition) is 4. The van der Waals surface area contributed by atoms with E-state index in [2.05, 4.69) is 16.0 Å². The van der Waals surface area contributed by atoms with Crippen LogP contribution >= 0.6 is 0 Å². The lowest BCUT2D eigenvalue weighted by Crippen LogP contribution is -2.50.